The van der Waals surface area contributed by atoms with Crippen LogP contribution in [0.3, 0.4) is 0 Å². The molecule has 8 heteroatoms. The first-order chi connectivity index (χ1) is 15.9. The molecule has 2 heterocycles. The second-order valence-corrected chi connectivity index (χ2v) is 10.4. The molecule has 4 nitrogen and oxygen atoms in total. The van der Waals surface area contributed by atoms with Crippen LogP contribution in [0.25, 0.3) is 15.9 Å². The van der Waals surface area contributed by atoms with Gasteiger partial charge in [-0.15, -0.1) is 11.3 Å². The molecule has 0 atom stereocenters. The van der Waals surface area contributed by atoms with Crippen molar-refractivity contribution in [3.05, 3.63) is 78.9 Å². The second kappa shape index (κ2) is 10.5. The standard InChI is InChI=1S/C25H24Cl2N2O2S2/c1-4-6-21-15(3)22-23(33-21)28-25(32-14-16-7-12-19(26)20(27)13-16)29(24(22)30)17-8-10-18(11-9-17)31-5-2/h7-13H,4-6,14H2,1-3H3. The van der Waals surface area contributed by atoms with Gasteiger partial charge in [-0.1, -0.05) is 54.4 Å². The normalized spacial score (nSPS) is 11.3. The maximum Gasteiger partial charge on any atom is 0.267 e. The molecule has 0 saturated heterocycles. The van der Waals surface area contributed by atoms with E-state index in [2.05, 4.69) is 6.92 Å². The van der Waals surface area contributed by atoms with Crippen molar-refractivity contribution in [1.29, 1.82) is 0 Å². The molecule has 2 aromatic heterocycles. The summed E-state index contributed by atoms with van der Waals surface area (Å²) < 4.78 is 7.28. The van der Waals surface area contributed by atoms with Crippen molar-refractivity contribution in [2.75, 3.05) is 6.61 Å². The Morgan fingerprint density at radius 1 is 1.09 bits per heavy atom. The van der Waals surface area contributed by atoms with Gasteiger partial charge in [-0.05, 0) is 67.8 Å². The molecule has 4 rings (SSSR count). The Bertz CT molecular complexity index is 1350. The Hall–Kier alpha value is -1.99. The summed E-state index contributed by atoms with van der Waals surface area (Å²) in [7, 11) is 0. The van der Waals surface area contributed by atoms with Crippen molar-refractivity contribution in [2.45, 2.75) is 44.5 Å². The van der Waals surface area contributed by atoms with Gasteiger partial charge in [0.15, 0.2) is 5.16 Å². The molecule has 0 fully saturated rings. The van der Waals surface area contributed by atoms with E-state index in [0.717, 1.165) is 40.2 Å². The van der Waals surface area contributed by atoms with Crippen molar-refractivity contribution in [2.24, 2.45) is 0 Å². The van der Waals surface area contributed by atoms with Crippen LogP contribution in [0.4, 0.5) is 0 Å². The van der Waals surface area contributed by atoms with E-state index in [-0.39, 0.29) is 5.56 Å². The van der Waals surface area contributed by atoms with Crippen LogP contribution in [0.2, 0.25) is 10.0 Å². The average molecular weight is 520 g/mol. The maximum absolute atomic E-state index is 13.8. The van der Waals surface area contributed by atoms with Crippen LogP contribution in [0.5, 0.6) is 5.75 Å². The molecule has 33 heavy (non-hydrogen) atoms. The zero-order valence-electron chi connectivity index (χ0n) is 18.7. The zero-order chi connectivity index (χ0) is 23.5. The minimum atomic E-state index is -0.0445. The van der Waals surface area contributed by atoms with Crippen molar-refractivity contribution in [3.8, 4) is 11.4 Å². The van der Waals surface area contributed by atoms with Crippen molar-refractivity contribution in [1.82, 2.24) is 9.55 Å². The predicted octanol–water partition coefficient (Wildman–Crippen LogP) is 7.71. The first-order valence-corrected chi connectivity index (χ1v) is 13.3. The number of aryl methyl sites for hydroxylation is 2. The minimum absolute atomic E-state index is 0.0445. The number of thioether (sulfide) groups is 1. The Morgan fingerprint density at radius 3 is 2.52 bits per heavy atom. The lowest BCUT2D eigenvalue weighted by Gasteiger charge is -2.13. The van der Waals surface area contributed by atoms with Gasteiger partial charge < -0.3 is 4.74 Å². The highest BCUT2D eigenvalue weighted by atomic mass is 35.5. The summed E-state index contributed by atoms with van der Waals surface area (Å²) >= 11 is 15.4. The third-order valence-electron chi connectivity index (χ3n) is 5.27. The number of nitrogens with zero attached hydrogens (tertiary/aromatic N) is 2. The molecular weight excluding hydrogens is 495 g/mol. The first kappa shape index (κ1) is 24.1. The molecule has 0 aliphatic carbocycles. The summed E-state index contributed by atoms with van der Waals surface area (Å²) in [6.07, 6.45) is 1.97. The second-order valence-electron chi connectivity index (χ2n) is 7.58. The summed E-state index contributed by atoms with van der Waals surface area (Å²) in [4.78, 5) is 20.7. The number of hydrogen-bond acceptors (Lipinski definition) is 5. The van der Waals surface area contributed by atoms with Crippen LogP contribution in [-0.4, -0.2) is 16.2 Å². The van der Waals surface area contributed by atoms with Gasteiger partial charge in [0.2, 0.25) is 0 Å². The highest BCUT2D eigenvalue weighted by molar-refractivity contribution is 7.98. The van der Waals surface area contributed by atoms with Gasteiger partial charge in [0.1, 0.15) is 10.6 Å². The van der Waals surface area contributed by atoms with E-state index in [1.807, 2.05) is 50.2 Å². The van der Waals surface area contributed by atoms with Crippen molar-refractivity contribution >= 4 is 56.5 Å². The summed E-state index contributed by atoms with van der Waals surface area (Å²) in [6.45, 7) is 6.71. The van der Waals surface area contributed by atoms with Crippen molar-refractivity contribution < 1.29 is 4.74 Å². The molecule has 4 aromatic rings. The molecule has 0 N–H and O–H groups in total. The number of aromatic nitrogens is 2. The molecule has 0 saturated carbocycles. The van der Waals surface area contributed by atoms with Crippen LogP contribution in [0.15, 0.2) is 52.4 Å². The monoisotopic (exact) mass is 518 g/mol. The van der Waals surface area contributed by atoms with Gasteiger partial charge >= 0.3 is 0 Å². The van der Waals surface area contributed by atoms with E-state index >= 15 is 0 Å². The third kappa shape index (κ3) is 5.09. The predicted molar refractivity (Wildman–Crippen MR) is 141 cm³/mol. The lowest BCUT2D eigenvalue weighted by atomic mass is 10.1. The highest BCUT2D eigenvalue weighted by Crippen LogP contribution is 2.33. The number of fused-ring (bicyclic) bond motifs is 1. The molecule has 0 radical (unpaired) electrons. The molecule has 172 valence electrons. The Morgan fingerprint density at radius 2 is 1.85 bits per heavy atom. The Kier molecular flexibility index (Phi) is 7.69. The average Bonchev–Trinajstić information content (AvgIpc) is 3.11. The molecule has 2 aromatic carbocycles. The van der Waals surface area contributed by atoms with Gasteiger partial charge in [-0.3, -0.25) is 9.36 Å². The number of thiophene rings is 1. The zero-order valence-corrected chi connectivity index (χ0v) is 21.8. The lowest BCUT2D eigenvalue weighted by Crippen LogP contribution is -2.21. The smallest absolute Gasteiger partial charge is 0.267 e. The van der Waals surface area contributed by atoms with Crippen molar-refractivity contribution in [3.63, 3.8) is 0 Å². The summed E-state index contributed by atoms with van der Waals surface area (Å²) in [6, 6.07) is 13.1. The fraction of sp³-hybridized carbons (Fsp3) is 0.280. The number of rotatable bonds is 8. The molecule has 0 amide bonds. The quantitative estimate of drug-likeness (QED) is 0.177. The number of halogens is 2. The molecule has 0 aliphatic heterocycles. The first-order valence-electron chi connectivity index (χ1n) is 10.8. The van der Waals surface area contributed by atoms with Crippen LogP contribution in [-0.2, 0) is 12.2 Å². The van der Waals surface area contributed by atoms with E-state index in [0.29, 0.717) is 32.9 Å². The number of benzene rings is 2. The van der Waals surface area contributed by atoms with Gasteiger partial charge in [0.25, 0.3) is 5.56 Å². The van der Waals surface area contributed by atoms with Crippen LogP contribution in [0, 0.1) is 6.92 Å². The maximum atomic E-state index is 13.8. The van der Waals surface area contributed by atoms with Crippen LogP contribution < -0.4 is 10.3 Å². The summed E-state index contributed by atoms with van der Waals surface area (Å²) in [5.41, 5.74) is 2.76. The van der Waals surface area contributed by atoms with Crippen LogP contribution >= 0.6 is 46.3 Å². The van der Waals surface area contributed by atoms with E-state index in [9.17, 15) is 4.79 Å². The fourth-order valence-electron chi connectivity index (χ4n) is 3.64. The lowest BCUT2D eigenvalue weighted by molar-refractivity contribution is 0.340. The van der Waals surface area contributed by atoms with Gasteiger partial charge in [0, 0.05) is 10.6 Å². The number of hydrogen-bond donors (Lipinski definition) is 0. The Labute approximate surface area is 211 Å². The number of ether oxygens (including phenoxy) is 1. The van der Waals surface area contributed by atoms with Crippen LogP contribution in [0.1, 0.15) is 36.3 Å². The fourth-order valence-corrected chi connectivity index (χ4v) is 6.23. The molecule has 0 unspecified atom stereocenters. The largest absolute Gasteiger partial charge is 0.494 e. The summed E-state index contributed by atoms with van der Waals surface area (Å²) in [5.74, 6) is 1.38. The van der Waals surface area contributed by atoms with E-state index in [1.54, 1.807) is 22.0 Å². The van der Waals surface area contributed by atoms with Gasteiger partial charge in [0.05, 0.1) is 27.7 Å². The summed E-state index contributed by atoms with van der Waals surface area (Å²) in [5, 5.41) is 2.39. The van der Waals surface area contributed by atoms with Gasteiger partial charge in [-0.25, -0.2) is 4.98 Å². The van der Waals surface area contributed by atoms with Gasteiger partial charge in [-0.2, -0.15) is 0 Å². The highest BCUT2D eigenvalue weighted by Gasteiger charge is 2.19. The molecule has 0 aliphatic rings. The SMILES string of the molecule is CCCc1sc2nc(SCc3ccc(Cl)c(Cl)c3)n(-c3ccc(OCC)cc3)c(=O)c2c1C. The van der Waals surface area contributed by atoms with E-state index in [4.69, 9.17) is 32.9 Å². The Balaban J connectivity index is 1.82. The molecule has 0 spiro atoms. The van der Waals surface area contributed by atoms with E-state index < -0.39 is 0 Å². The molecule has 0 bridgehead atoms. The van der Waals surface area contributed by atoms with E-state index in [1.165, 1.54) is 16.6 Å². The molecular formula is C25H24Cl2N2O2S2. The topological polar surface area (TPSA) is 44.1 Å². The minimum Gasteiger partial charge on any atom is -0.494 e. The third-order valence-corrected chi connectivity index (χ3v) is 8.26.